The number of benzene rings is 1. The molecular weight excluding hydrogens is 462 g/mol. The molecule has 0 atom stereocenters. The van der Waals surface area contributed by atoms with Crippen molar-refractivity contribution < 1.29 is 14.3 Å². The molecule has 190 valence electrons. The van der Waals surface area contributed by atoms with Gasteiger partial charge in [-0.2, -0.15) is 0 Å². The second-order valence-corrected chi connectivity index (χ2v) is 11.2. The molecule has 4 rings (SSSR count). The molecule has 0 saturated carbocycles. The maximum atomic E-state index is 13.9. The van der Waals surface area contributed by atoms with Crippen molar-refractivity contribution in [3.8, 4) is 5.75 Å². The number of thiophene rings is 1. The molecule has 1 fully saturated rings. The highest BCUT2D eigenvalue weighted by molar-refractivity contribution is 7.22. The zero-order valence-electron chi connectivity index (χ0n) is 21.5. The lowest BCUT2D eigenvalue weighted by Gasteiger charge is -2.27. The van der Waals surface area contributed by atoms with E-state index in [9.17, 15) is 9.59 Å². The number of hydrogen-bond donors (Lipinski definition) is 0. The maximum Gasteiger partial charge on any atom is 0.267 e. The smallest absolute Gasteiger partial charge is 0.267 e. The van der Waals surface area contributed by atoms with Crippen molar-refractivity contribution in [3.05, 3.63) is 39.5 Å². The zero-order chi connectivity index (χ0) is 25.1. The number of morpholine rings is 1. The van der Waals surface area contributed by atoms with E-state index in [0.29, 0.717) is 47.5 Å². The highest BCUT2D eigenvalue weighted by Crippen LogP contribution is 2.40. The predicted octanol–water partition coefficient (Wildman–Crippen LogP) is 4.22. The number of nitrogens with zero attached hydrogens (tertiary/aromatic N) is 3. The molecule has 0 unspecified atom stereocenters. The van der Waals surface area contributed by atoms with Crippen LogP contribution >= 0.6 is 11.3 Å². The zero-order valence-corrected chi connectivity index (χ0v) is 22.3. The SMILES string of the molecule is CC(C)CN(CC(C)C)C(=O)c1sc2c(c1OCCN1CCOCC1)c(=O)n(C)c1ccccc21. The van der Waals surface area contributed by atoms with Gasteiger partial charge in [-0.25, -0.2) is 0 Å². The van der Waals surface area contributed by atoms with Gasteiger partial charge in [0.05, 0.1) is 23.4 Å². The fourth-order valence-corrected chi connectivity index (χ4v) is 5.92. The summed E-state index contributed by atoms with van der Waals surface area (Å²) in [7, 11) is 1.78. The molecule has 0 aliphatic carbocycles. The van der Waals surface area contributed by atoms with Crippen LogP contribution in [0.2, 0.25) is 0 Å². The van der Waals surface area contributed by atoms with Gasteiger partial charge in [0.25, 0.3) is 11.5 Å². The minimum absolute atomic E-state index is 0.0545. The molecule has 0 bridgehead atoms. The third kappa shape index (κ3) is 5.55. The van der Waals surface area contributed by atoms with Crippen LogP contribution in [0.5, 0.6) is 5.75 Å². The van der Waals surface area contributed by atoms with E-state index in [-0.39, 0.29) is 11.5 Å². The molecular formula is C27H37N3O4S. The van der Waals surface area contributed by atoms with Crippen molar-refractivity contribution >= 4 is 38.2 Å². The van der Waals surface area contributed by atoms with E-state index in [1.54, 1.807) is 11.6 Å². The molecule has 7 nitrogen and oxygen atoms in total. The molecule has 0 spiro atoms. The Labute approximate surface area is 211 Å². The van der Waals surface area contributed by atoms with Gasteiger partial charge >= 0.3 is 0 Å². The first-order valence-corrected chi connectivity index (χ1v) is 13.4. The molecule has 1 aromatic carbocycles. The van der Waals surface area contributed by atoms with Gasteiger partial charge in [0.1, 0.15) is 16.9 Å². The third-order valence-corrected chi connectivity index (χ3v) is 7.50. The fourth-order valence-electron chi connectivity index (χ4n) is 4.68. The van der Waals surface area contributed by atoms with Gasteiger partial charge in [-0.3, -0.25) is 14.5 Å². The Hall–Kier alpha value is -2.42. The Balaban J connectivity index is 1.80. The van der Waals surface area contributed by atoms with Crippen LogP contribution in [0.1, 0.15) is 37.4 Å². The monoisotopic (exact) mass is 499 g/mol. The van der Waals surface area contributed by atoms with Crippen molar-refractivity contribution in [1.29, 1.82) is 0 Å². The van der Waals surface area contributed by atoms with Gasteiger partial charge in [-0.1, -0.05) is 45.9 Å². The number of para-hydroxylation sites is 1. The summed E-state index contributed by atoms with van der Waals surface area (Å²) in [5.74, 6) is 1.06. The lowest BCUT2D eigenvalue weighted by atomic mass is 10.1. The van der Waals surface area contributed by atoms with Crippen LogP contribution in [-0.2, 0) is 11.8 Å². The summed E-state index contributed by atoms with van der Waals surface area (Å²) < 4.78 is 14.3. The molecule has 3 heterocycles. The van der Waals surface area contributed by atoms with E-state index >= 15 is 0 Å². The number of ether oxygens (including phenoxy) is 2. The molecule has 0 N–H and O–H groups in total. The topological polar surface area (TPSA) is 64.0 Å². The van der Waals surface area contributed by atoms with Crippen LogP contribution in [0.3, 0.4) is 0 Å². The summed E-state index contributed by atoms with van der Waals surface area (Å²) >= 11 is 1.39. The molecule has 0 radical (unpaired) electrons. The van der Waals surface area contributed by atoms with Crippen molar-refractivity contribution in [2.24, 2.45) is 18.9 Å². The number of amides is 1. The Kier molecular flexibility index (Phi) is 8.14. The van der Waals surface area contributed by atoms with E-state index in [1.165, 1.54) is 11.3 Å². The lowest BCUT2D eigenvalue weighted by molar-refractivity contribution is 0.0322. The van der Waals surface area contributed by atoms with Gasteiger partial charge in [-0.15, -0.1) is 11.3 Å². The molecule has 8 heteroatoms. The van der Waals surface area contributed by atoms with E-state index in [0.717, 1.165) is 48.5 Å². The molecule has 1 saturated heterocycles. The molecule has 1 aliphatic heterocycles. The number of rotatable bonds is 9. The number of fused-ring (bicyclic) bond motifs is 3. The number of aryl methyl sites for hydroxylation is 1. The van der Waals surface area contributed by atoms with Crippen molar-refractivity contribution in [3.63, 3.8) is 0 Å². The first kappa shape index (κ1) is 25.7. The molecule has 3 aromatic rings. The van der Waals surface area contributed by atoms with Crippen molar-refractivity contribution in [2.75, 3.05) is 52.5 Å². The summed E-state index contributed by atoms with van der Waals surface area (Å²) in [6.07, 6.45) is 0. The van der Waals surface area contributed by atoms with E-state index in [4.69, 9.17) is 9.47 Å². The second-order valence-electron chi connectivity index (χ2n) is 10.1. The summed E-state index contributed by atoms with van der Waals surface area (Å²) in [5, 5.41) is 1.47. The largest absolute Gasteiger partial charge is 0.490 e. The van der Waals surface area contributed by atoms with Crippen LogP contribution in [0.4, 0.5) is 0 Å². The van der Waals surface area contributed by atoms with E-state index < -0.39 is 0 Å². The third-order valence-electron chi connectivity index (χ3n) is 6.30. The second kappa shape index (κ2) is 11.1. The molecule has 1 amide bonds. The average Bonchev–Trinajstić information content (AvgIpc) is 3.21. The summed E-state index contributed by atoms with van der Waals surface area (Å²) in [6, 6.07) is 7.86. The Morgan fingerprint density at radius 3 is 2.43 bits per heavy atom. The Morgan fingerprint density at radius 2 is 1.77 bits per heavy atom. The summed E-state index contributed by atoms with van der Waals surface area (Å²) in [5.41, 5.74) is 0.723. The van der Waals surface area contributed by atoms with Crippen LogP contribution in [-0.4, -0.2) is 72.8 Å². The number of pyridine rings is 1. The number of hydrogen-bond acceptors (Lipinski definition) is 6. The van der Waals surface area contributed by atoms with Crippen LogP contribution in [0.25, 0.3) is 21.0 Å². The number of carbonyl (C=O) groups is 1. The van der Waals surface area contributed by atoms with Gasteiger partial charge in [0.2, 0.25) is 0 Å². The van der Waals surface area contributed by atoms with Crippen molar-refractivity contribution in [2.45, 2.75) is 27.7 Å². The molecule has 2 aromatic heterocycles. The fraction of sp³-hybridized carbons (Fsp3) is 0.556. The average molecular weight is 500 g/mol. The Morgan fingerprint density at radius 1 is 1.11 bits per heavy atom. The standard InChI is InChI=1S/C27H37N3O4S/c1-18(2)16-30(17-19(3)4)27(32)25-23(34-15-12-29-10-13-33-14-11-29)22-24(35-25)20-8-6-7-9-21(20)28(5)26(22)31/h6-9,18-19H,10-17H2,1-5H3. The van der Waals surface area contributed by atoms with Gasteiger partial charge in [-0.05, 0) is 17.9 Å². The van der Waals surface area contributed by atoms with E-state index in [1.807, 2.05) is 29.2 Å². The highest BCUT2D eigenvalue weighted by Gasteiger charge is 2.28. The number of aromatic nitrogens is 1. The quantitative estimate of drug-likeness (QED) is 0.441. The Bertz CT molecular complexity index is 1230. The van der Waals surface area contributed by atoms with Crippen LogP contribution < -0.4 is 10.3 Å². The molecule has 35 heavy (non-hydrogen) atoms. The highest BCUT2D eigenvalue weighted by atomic mass is 32.1. The van der Waals surface area contributed by atoms with Crippen LogP contribution in [0.15, 0.2) is 29.1 Å². The maximum absolute atomic E-state index is 13.9. The summed E-state index contributed by atoms with van der Waals surface area (Å²) in [6.45, 7) is 14.1. The van der Waals surface area contributed by atoms with E-state index in [2.05, 4.69) is 32.6 Å². The van der Waals surface area contributed by atoms with Crippen LogP contribution in [0, 0.1) is 11.8 Å². The number of carbonyl (C=O) groups excluding carboxylic acids is 1. The van der Waals surface area contributed by atoms with Crippen molar-refractivity contribution in [1.82, 2.24) is 14.4 Å². The first-order chi connectivity index (χ1) is 16.8. The summed E-state index contributed by atoms with van der Waals surface area (Å²) in [4.78, 5) is 32.2. The lowest BCUT2D eigenvalue weighted by Crippen LogP contribution is -2.39. The van der Waals surface area contributed by atoms with Gasteiger partial charge in [0.15, 0.2) is 5.75 Å². The minimum Gasteiger partial charge on any atom is -0.490 e. The van der Waals surface area contributed by atoms with Gasteiger partial charge in [0, 0.05) is 45.2 Å². The predicted molar refractivity (Wildman–Crippen MR) is 143 cm³/mol. The molecule has 1 aliphatic rings. The normalized spacial score (nSPS) is 14.9. The minimum atomic E-state index is -0.130. The van der Waals surface area contributed by atoms with Gasteiger partial charge < -0.3 is 18.9 Å². The first-order valence-electron chi connectivity index (χ1n) is 12.5.